The van der Waals surface area contributed by atoms with Crippen LogP contribution in [0.1, 0.15) is 16.9 Å². The molecule has 1 aromatic heterocycles. The third kappa shape index (κ3) is 4.63. The molecule has 128 valence electrons. The van der Waals surface area contributed by atoms with Crippen molar-refractivity contribution in [3.63, 3.8) is 0 Å². The predicted molar refractivity (Wildman–Crippen MR) is 81.2 cm³/mol. The molecular formula is C16H16F2N2O4. The Morgan fingerprint density at radius 3 is 2.67 bits per heavy atom. The van der Waals surface area contributed by atoms with E-state index in [9.17, 15) is 13.6 Å². The van der Waals surface area contributed by atoms with E-state index < -0.39 is 17.5 Å². The number of nitrogens with two attached hydrogens (primary N) is 1. The third-order valence-corrected chi connectivity index (χ3v) is 2.94. The summed E-state index contributed by atoms with van der Waals surface area (Å²) in [5, 5.41) is 0. The van der Waals surface area contributed by atoms with E-state index in [0.717, 1.165) is 12.1 Å². The number of hydrogen-bond donors (Lipinski definition) is 1. The monoisotopic (exact) mass is 338 g/mol. The molecule has 1 amide bonds. The number of methoxy groups -OCH3 is 1. The van der Waals surface area contributed by atoms with Crippen molar-refractivity contribution in [2.45, 2.75) is 6.42 Å². The molecule has 1 heterocycles. The average Bonchev–Trinajstić information content (AvgIpc) is 2.54. The van der Waals surface area contributed by atoms with E-state index in [1.807, 2.05) is 0 Å². The Balaban J connectivity index is 2.22. The van der Waals surface area contributed by atoms with Crippen LogP contribution in [0.3, 0.4) is 0 Å². The Bertz CT molecular complexity index is 725. The van der Waals surface area contributed by atoms with E-state index in [1.165, 1.54) is 12.3 Å². The molecule has 0 aliphatic carbocycles. The van der Waals surface area contributed by atoms with Crippen molar-refractivity contribution in [2.24, 2.45) is 5.73 Å². The zero-order valence-electron chi connectivity index (χ0n) is 12.9. The second-order valence-corrected chi connectivity index (χ2v) is 4.75. The minimum Gasteiger partial charge on any atom is -0.492 e. The van der Waals surface area contributed by atoms with Crippen LogP contribution in [-0.2, 0) is 4.74 Å². The Labute approximate surface area is 137 Å². The quantitative estimate of drug-likeness (QED) is 0.748. The number of carbonyl (C=O) groups is 1. The molecule has 0 aliphatic heterocycles. The molecule has 0 saturated heterocycles. The summed E-state index contributed by atoms with van der Waals surface area (Å²) in [6.45, 7) is 0.882. The van der Waals surface area contributed by atoms with Crippen molar-refractivity contribution in [3.05, 3.63) is 47.8 Å². The number of carbonyl (C=O) groups excluding carboxylic acids is 1. The van der Waals surface area contributed by atoms with Crippen molar-refractivity contribution >= 4 is 5.91 Å². The fraction of sp³-hybridized carbons (Fsp3) is 0.250. The Kier molecular flexibility index (Phi) is 6.02. The van der Waals surface area contributed by atoms with Crippen LogP contribution in [-0.4, -0.2) is 31.2 Å². The van der Waals surface area contributed by atoms with E-state index in [-0.39, 0.29) is 17.2 Å². The molecule has 8 heteroatoms. The highest BCUT2D eigenvalue weighted by Crippen LogP contribution is 2.29. The number of nitrogens with zero attached hydrogens (tertiary/aromatic N) is 1. The van der Waals surface area contributed by atoms with Crippen molar-refractivity contribution in [1.82, 2.24) is 4.98 Å². The number of pyridine rings is 1. The standard InChI is InChI=1S/C16H16F2N2O4/c1-22-5-2-6-23-11-8-14(15(16(19)21)20-9-11)24-13-4-3-10(17)7-12(13)18/h3-4,7-9H,2,5-6H2,1H3,(H2,19,21). The fourth-order valence-electron chi connectivity index (χ4n) is 1.84. The van der Waals surface area contributed by atoms with Crippen molar-refractivity contribution in [2.75, 3.05) is 20.3 Å². The highest BCUT2D eigenvalue weighted by atomic mass is 19.1. The summed E-state index contributed by atoms with van der Waals surface area (Å²) >= 11 is 0. The second kappa shape index (κ2) is 8.21. The minimum absolute atomic E-state index is 0.0859. The van der Waals surface area contributed by atoms with E-state index in [0.29, 0.717) is 31.5 Å². The van der Waals surface area contributed by atoms with E-state index in [2.05, 4.69) is 4.98 Å². The third-order valence-electron chi connectivity index (χ3n) is 2.94. The van der Waals surface area contributed by atoms with Crippen LogP contribution >= 0.6 is 0 Å². The SMILES string of the molecule is COCCCOc1cnc(C(N)=O)c(Oc2ccc(F)cc2F)c1. The first-order chi connectivity index (χ1) is 11.5. The predicted octanol–water partition coefficient (Wildman–Crippen LogP) is 2.67. The Morgan fingerprint density at radius 1 is 1.21 bits per heavy atom. The lowest BCUT2D eigenvalue weighted by atomic mass is 10.3. The summed E-state index contributed by atoms with van der Waals surface area (Å²) in [5.41, 5.74) is 5.04. The molecule has 6 nitrogen and oxygen atoms in total. The number of aromatic nitrogens is 1. The lowest BCUT2D eigenvalue weighted by molar-refractivity contribution is 0.0993. The number of amides is 1. The number of halogens is 2. The summed E-state index contributed by atoms with van der Waals surface area (Å²) in [5.74, 6) is -2.55. The van der Waals surface area contributed by atoms with Gasteiger partial charge in [0.2, 0.25) is 0 Å². The summed E-state index contributed by atoms with van der Waals surface area (Å²) in [7, 11) is 1.58. The van der Waals surface area contributed by atoms with Crippen LogP contribution in [0.25, 0.3) is 0 Å². The molecule has 0 atom stereocenters. The van der Waals surface area contributed by atoms with Gasteiger partial charge in [-0.25, -0.2) is 13.8 Å². The van der Waals surface area contributed by atoms with Gasteiger partial charge >= 0.3 is 0 Å². The van der Waals surface area contributed by atoms with Gasteiger partial charge in [0.05, 0.1) is 12.8 Å². The molecule has 0 bridgehead atoms. The first-order valence-corrected chi connectivity index (χ1v) is 7.05. The largest absolute Gasteiger partial charge is 0.492 e. The second-order valence-electron chi connectivity index (χ2n) is 4.75. The van der Waals surface area contributed by atoms with Gasteiger partial charge in [-0.3, -0.25) is 4.79 Å². The Hall–Kier alpha value is -2.74. The van der Waals surface area contributed by atoms with Crippen LogP contribution in [0.15, 0.2) is 30.5 Å². The molecule has 0 saturated carbocycles. The summed E-state index contributed by atoms with van der Waals surface area (Å²) in [4.78, 5) is 15.3. The molecule has 0 unspecified atom stereocenters. The first kappa shape index (κ1) is 17.6. The molecular weight excluding hydrogens is 322 g/mol. The number of hydrogen-bond acceptors (Lipinski definition) is 5. The van der Waals surface area contributed by atoms with Gasteiger partial charge in [-0.15, -0.1) is 0 Å². The molecule has 2 aromatic rings. The first-order valence-electron chi connectivity index (χ1n) is 7.05. The maximum absolute atomic E-state index is 13.7. The fourth-order valence-corrected chi connectivity index (χ4v) is 1.84. The number of benzene rings is 1. The van der Waals surface area contributed by atoms with Crippen LogP contribution in [0.4, 0.5) is 8.78 Å². The van der Waals surface area contributed by atoms with Crippen LogP contribution in [0.5, 0.6) is 17.2 Å². The summed E-state index contributed by atoms with van der Waals surface area (Å²) in [6.07, 6.45) is 1.96. The van der Waals surface area contributed by atoms with E-state index in [4.69, 9.17) is 19.9 Å². The summed E-state index contributed by atoms with van der Waals surface area (Å²) in [6, 6.07) is 4.16. The van der Waals surface area contributed by atoms with Gasteiger partial charge in [0.1, 0.15) is 11.6 Å². The van der Waals surface area contributed by atoms with Crippen LogP contribution in [0.2, 0.25) is 0 Å². The van der Waals surface area contributed by atoms with Gasteiger partial charge in [-0.2, -0.15) is 0 Å². The average molecular weight is 338 g/mol. The minimum atomic E-state index is -0.920. The molecule has 24 heavy (non-hydrogen) atoms. The van der Waals surface area contributed by atoms with Gasteiger partial charge in [0, 0.05) is 32.3 Å². The smallest absolute Gasteiger partial charge is 0.271 e. The normalized spacial score (nSPS) is 10.5. The van der Waals surface area contributed by atoms with Gasteiger partial charge in [0.15, 0.2) is 23.0 Å². The van der Waals surface area contributed by atoms with Gasteiger partial charge < -0.3 is 19.9 Å². The molecule has 0 aliphatic rings. The van der Waals surface area contributed by atoms with Gasteiger partial charge in [-0.05, 0) is 12.1 Å². The number of ether oxygens (including phenoxy) is 3. The van der Waals surface area contributed by atoms with Crippen LogP contribution in [0, 0.1) is 11.6 Å². The maximum Gasteiger partial charge on any atom is 0.271 e. The summed E-state index contributed by atoms with van der Waals surface area (Å²) < 4.78 is 42.3. The lowest BCUT2D eigenvalue weighted by Crippen LogP contribution is -2.14. The van der Waals surface area contributed by atoms with Gasteiger partial charge in [-0.1, -0.05) is 0 Å². The molecule has 2 N–H and O–H groups in total. The molecule has 0 spiro atoms. The van der Waals surface area contributed by atoms with E-state index >= 15 is 0 Å². The molecule has 0 radical (unpaired) electrons. The highest BCUT2D eigenvalue weighted by molar-refractivity contribution is 5.93. The van der Waals surface area contributed by atoms with Gasteiger partial charge in [0.25, 0.3) is 5.91 Å². The van der Waals surface area contributed by atoms with Crippen LogP contribution < -0.4 is 15.2 Å². The van der Waals surface area contributed by atoms with Crippen molar-refractivity contribution in [3.8, 4) is 17.2 Å². The molecule has 0 fully saturated rings. The lowest BCUT2D eigenvalue weighted by Gasteiger charge is -2.12. The molecule has 1 aromatic carbocycles. The topological polar surface area (TPSA) is 83.7 Å². The zero-order chi connectivity index (χ0) is 17.5. The van der Waals surface area contributed by atoms with Crippen molar-refractivity contribution < 1.29 is 27.8 Å². The Morgan fingerprint density at radius 2 is 2.00 bits per heavy atom. The zero-order valence-corrected chi connectivity index (χ0v) is 12.9. The maximum atomic E-state index is 13.7. The highest BCUT2D eigenvalue weighted by Gasteiger charge is 2.16. The number of primary amides is 1. The van der Waals surface area contributed by atoms with E-state index in [1.54, 1.807) is 7.11 Å². The number of rotatable bonds is 8. The van der Waals surface area contributed by atoms with Crippen molar-refractivity contribution in [1.29, 1.82) is 0 Å². The molecule has 2 rings (SSSR count).